The molecule has 1 aliphatic carbocycles. The van der Waals surface area contributed by atoms with Crippen LogP contribution >= 0.6 is 0 Å². The van der Waals surface area contributed by atoms with Crippen molar-refractivity contribution in [1.29, 1.82) is 0 Å². The van der Waals surface area contributed by atoms with Gasteiger partial charge in [0, 0.05) is 0 Å². The van der Waals surface area contributed by atoms with E-state index in [2.05, 4.69) is 5.10 Å². The van der Waals surface area contributed by atoms with Crippen LogP contribution in [0.3, 0.4) is 0 Å². The fraction of sp³-hybridized carbons (Fsp3) is 0.636. The maximum absolute atomic E-state index is 11.0. The smallest absolute Gasteiger partial charge is 0.341 e. The monoisotopic (exact) mass is 223 g/mol. The van der Waals surface area contributed by atoms with Gasteiger partial charge in [0.2, 0.25) is 0 Å². The van der Waals surface area contributed by atoms with Gasteiger partial charge in [-0.3, -0.25) is 0 Å². The quantitative estimate of drug-likeness (QED) is 0.803. The molecule has 1 heterocycles. The van der Waals surface area contributed by atoms with E-state index in [0.29, 0.717) is 11.5 Å². The highest BCUT2D eigenvalue weighted by molar-refractivity contribution is 5.94. The predicted octanol–water partition coefficient (Wildman–Crippen LogP) is 1.98. The zero-order valence-electron chi connectivity index (χ0n) is 9.44. The number of carboxylic acid groups (broad SMARTS) is 1. The molecule has 2 rings (SSSR count). The lowest BCUT2D eigenvalue weighted by atomic mass is 9.96. The summed E-state index contributed by atoms with van der Waals surface area (Å²) in [6, 6.07) is 0.278. The number of hydrogen-bond donors (Lipinski definition) is 2. The summed E-state index contributed by atoms with van der Waals surface area (Å²) < 4.78 is 1.71. The van der Waals surface area contributed by atoms with Crippen LogP contribution in [0.1, 0.15) is 54.2 Å². The minimum atomic E-state index is -0.989. The van der Waals surface area contributed by atoms with Crippen LogP contribution in [0.2, 0.25) is 0 Å². The van der Waals surface area contributed by atoms with Gasteiger partial charge in [-0.05, 0) is 19.8 Å². The summed E-state index contributed by atoms with van der Waals surface area (Å²) in [5.41, 5.74) is 6.52. The molecule has 0 aromatic carbocycles. The fourth-order valence-electron chi connectivity index (χ4n) is 2.43. The molecule has 0 aliphatic heterocycles. The molecule has 16 heavy (non-hydrogen) atoms. The van der Waals surface area contributed by atoms with E-state index < -0.39 is 5.97 Å². The minimum absolute atomic E-state index is 0.158. The van der Waals surface area contributed by atoms with Gasteiger partial charge in [-0.2, -0.15) is 5.10 Å². The van der Waals surface area contributed by atoms with Gasteiger partial charge < -0.3 is 10.8 Å². The number of aromatic carboxylic acids is 1. The lowest BCUT2D eigenvalue weighted by Gasteiger charge is -2.22. The van der Waals surface area contributed by atoms with Gasteiger partial charge in [-0.1, -0.05) is 19.3 Å². The van der Waals surface area contributed by atoms with Crippen LogP contribution in [-0.4, -0.2) is 20.9 Å². The average molecular weight is 223 g/mol. The third-order valence-electron chi connectivity index (χ3n) is 3.26. The molecule has 0 radical (unpaired) electrons. The van der Waals surface area contributed by atoms with Gasteiger partial charge in [0.05, 0.1) is 11.7 Å². The molecule has 0 atom stereocenters. The minimum Gasteiger partial charge on any atom is -0.477 e. The Morgan fingerprint density at radius 1 is 1.44 bits per heavy atom. The molecule has 1 saturated carbocycles. The zero-order chi connectivity index (χ0) is 11.7. The van der Waals surface area contributed by atoms with E-state index in [1.54, 1.807) is 11.6 Å². The number of nitrogens with two attached hydrogens (primary N) is 1. The first-order valence-corrected chi connectivity index (χ1v) is 5.69. The van der Waals surface area contributed by atoms with Crippen molar-refractivity contribution in [1.82, 2.24) is 9.78 Å². The fourth-order valence-corrected chi connectivity index (χ4v) is 2.43. The molecule has 3 N–H and O–H groups in total. The summed E-state index contributed by atoms with van der Waals surface area (Å²) in [7, 11) is 0. The number of carboxylic acids is 1. The number of nitrogens with zero attached hydrogens (tertiary/aromatic N) is 2. The highest BCUT2D eigenvalue weighted by Crippen LogP contribution is 2.31. The largest absolute Gasteiger partial charge is 0.477 e. The predicted molar refractivity (Wildman–Crippen MR) is 60.5 cm³/mol. The highest BCUT2D eigenvalue weighted by atomic mass is 16.4. The van der Waals surface area contributed by atoms with Crippen molar-refractivity contribution in [2.45, 2.75) is 45.1 Å². The third-order valence-corrected chi connectivity index (χ3v) is 3.26. The number of rotatable bonds is 2. The van der Waals surface area contributed by atoms with Crippen molar-refractivity contribution in [3.8, 4) is 0 Å². The molecule has 1 aromatic heterocycles. The van der Waals surface area contributed by atoms with Crippen LogP contribution in [0.15, 0.2) is 0 Å². The number of nitrogen functional groups attached to an aromatic ring is 1. The summed E-state index contributed by atoms with van der Waals surface area (Å²) in [5, 5.41) is 13.3. The highest BCUT2D eigenvalue weighted by Gasteiger charge is 2.24. The SMILES string of the molecule is Cc1nn(C2CCCCC2)c(N)c1C(=O)O. The van der Waals surface area contributed by atoms with Gasteiger partial charge in [0.1, 0.15) is 11.4 Å². The Kier molecular flexibility index (Phi) is 2.85. The Bertz CT molecular complexity index is 406. The molecule has 1 fully saturated rings. The Hall–Kier alpha value is -1.52. The molecule has 0 spiro atoms. The molecule has 0 unspecified atom stereocenters. The summed E-state index contributed by atoms with van der Waals surface area (Å²) in [4.78, 5) is 11.0. The van der Waals surface area contributed by atoms with Crippen molar-refractivity contribution in [2.75, 3.05) is 5.73 Å². The van der Waals surface area contributed by atoms with Gasteiger partial charge in [0.15, 0.2) is 0 Å². The van der Waals surface area contributed by atoms with Crippen molar-refractivity contribution >= 4 is 11.8 Å². The molecule has 5 nitrogen and oxygen atoms in total. The Balaban J connectivity index is 2.34. The van der Waals surface area contributed by atoms with Crippen LogP contribution in [0.25, 0.3) is 0 Å². The second-order valence-electron chi connectivity index (χ2n) is 4.39. The normalized spacial score (nSPS) is 17.6. The molecular weight excluding hydrogens is 206 g/mol. The molecule has 88 valence electrons. The van der Waals surface area contributed by atoms with E-state index in [-0.39, 0.29) is 11.6 Å². The van der Waals surface area contributed by atoms with E-state index in [4.69, 9.17) is 10.8 Å². The average Bonchev–Trinajstić information content (AvgIpc) is 2.55. The van der Waals surface area contributed by atoms with Gasteiger partial charge in [0.25, 0.3) is 0 Å². The number of aryl methyl sites for hydroxylation is 1. The number of carbonyl (C=O) groups is 1. The van der Waals surface area contributed by atoms with Crippen molar-refractivity contribution in [2.24, 2.45) is 0 Å². The topological polar surface area (TPSA) is 81.1 Å². The maximum atomic E-state index is 11.0. The van der Waals surface area contributed by atoms with Gasteiger partial charge in [-0.25, -0.2) is 9.48 Å². The van der Waals surface area contributed by atoms with E-state index in [1.165, 1.54) is 19.3 Å². The van der Waals surface area contributed by atoms with Gasteiger partial charge >= 0.3 is 5.97 Å². The molecular formula is C11H17N3O2. The zero-order valence-corrected chi connectivity index (χ0v) is 9.44. The summed E-state index contributed by atoms with van der Waals surface area (Å²) in [6.45, 7) is 1.69. The van der Waals surface area contributed by atoms with E-state index in [9.17, 15) is 4.79 Å². The van der Waals surface area contributed by atoms with Crippen molar-refractivity contribution < 1.29 is 9.90 Å². The van der Waals surface area contributed by atoms with Gasteiger partial charge in [-0.15, -0.1) is 0 Å². The molecule has 1 aromatic rings. The molecule has 0 bridgehead atoms. The summed E-state index contributed by atoms with van der Waals surface area (Å²) in [5.74, 6) is -0.686. The van der Waals surface area contributed by atoms with Crippen molar-refractivity contribution in [3.63, 3.8) is 0 Å². The maximum Gasteiger partial charge on any atom is 0.341 e. The number of aromatic nitrogens is 2. The lowest BCUT2D eigenvalue weighted by Crippen LogP contribution is -2.16. The van der Waals surface area contributed by atoms with E-state index >= 15 is 0 Å². The first-order chi connectivity index (χ1) is 7.61. The lowest BCUT2D eigenvalue weighted by molar-refractivity contribution is 0.0697. The van der Waals surface area contributed by atoms with Crippen LogP contribution in [0.5, 0.6) is 0 Å². The Morgan fingerprint density at radius 3 is 2.56 bits per heavy atom. The summed E-state index contributed by atoms with van der Waals surface area (Å²) in [6.07, 6.45) is 5.69. The Labute approximate surface area is 94.2 Å². The van der Waals surface area contributed by atoms with Crippen LogP contribution in [0.4, 0.5) is 5.82 Å². The molecule has 0 saturated heterocycles. The van der Waals surface area contributed by atoms with Crippen LogP contribution in [-0.2, 0) is 0 Å². The molecule has 0 amide bonds. The van der Waals surface area contributed by atoms with Crippen molar-refractivity contribution in [3.05, 3.63) is 11.3 Å². The van der Waals surface area contributed by atoms with Crippen LogP contribution in [0, 0.1) is 6.92 Å². The first kappa shape index (κ1) is 11.0. The third kappa shape index (κ3) is 1.77. The second-order valence-corrected chi connectivity index (χ2v) is 4.39. The van der Waals surface area contributed by atoms with E-state index in [0.717, 1.165) is 12.8 Å². The Morgan fingerprint density at radius 2 is 2.06 bits per heavy atom. The molecule has 5 heteroatoms. The number of anilines is 1. The summed E-state index contributed by atoms with van der Waals surface area (Å²) >= 11 is 0. The molecule has 1 aliphatic rings. The van der Waals surface area contributed by atoms with E-state index in [1.807, 2.05) is 0 Å². The van der Waals surface area contributed by atoms with Crippen LogP contribution < -0.4 is 5.73 Å². The standard InChI is InChI=1S/C11H17N3O2/c1-7-9(11(15)16)10(12)14(13-7)8-5-3-2-4-6-8/h8H,2-6,12H2,1H3,(H,15,16). The first-order valence-electron chi connectivity index (χ1n) is 5.69. The number of hydrogen-bond acceptors (Lipinski definition) is 3. The second kappa shape index (κ2) is 4.15.